The minimum atomic E-state index is 0.441. The lowest BCUT2D eigenvalue weighted by atomic mass is 10.2. The largest absolute Gasteiger partial charge is 0.488 e. The van der Waals surface area contributed by atoms with Gasteiger partial charge in [0.05, 0.1) is 22.9 Å². The number of halogens is 2. The summed E-state index contributed by atoms with van der Waals surface area (Å²) in [6.07, 6.45) is 0. The third-order valence-corrected chi connectivity index (χ3v) is 2.91. The highest BCUT2D eigenvalue weighted by Gasteiger charge is 2.22. The normalized spacial score (nSPS) is 14.9. The number of fused-ring (bicyclic) bond motifs is 1. The second kappa shape index (κ2) is 3.41. The van der Waals surface area contributed by atoms with Gasteiger partial charge in [-0.15, -0.1) is 0 Å². The molecule has 1 heterocycles. The maximum absolute atomic E-state index is 6.05. The van der Waals surface area contributed by atoms with E-state index in [1.165, 1.54) is 0 Å². The number of anilines is 2. The summed E-state index contributed by atoms with van der Waals surface area (Å²) in [6.45, 7) is 1.40. The van der Waals surface area contributed by atoms with Gasteiger partial charge in [-0.3, -0.25) is 0 Å². The lowest BCUT2D eigenvalue weighted by molar-refractivity contribution is 0.312. The summed E-state index contributed by atoms with van der Waals surface area (Å²) < 4.78 is 5.45. The van der Waals surface area contributed by atoms with Crippen LogP contribution >= 0.6 is 23.2 Å². The van der Waals surface area contributed by atoms with E-state index in [-0.39, 0.29) is 0 Å². The van der Waals surface area contributed by atoms with Crippen LogP contribution in [0.1, 0.15) is 0 Å². The van der Waals surface area contributed by atoms with E-state index in [1.807, 2.05) is 11.9 Å². The highest BCUT2D eigenvalue weighted by molar-refractivity contribution is 6.38. The number of nitrogen functional groups attached to an aromatic ring is 1. The Morgan fingerprint density at radius 2 is 2.21 bits per heavy atom. The molecule has 0 amide bonds. The fourth-order valence-corrected chi connectivity index (χ4v) is 2.04. The average molecular weight is 233 g/mol. The van der Waals surface area contributed by atoms with Crippen LogP contribution in [-0.4, -0.2) is 20.2 Å². The van der Waals surface area contributed by atoms with Crippen LogP contribution in [0, 0.1) is 0 Å². The Bertz CT molecular complexity index is 382. The number of rotatable bonds is 0. The molecule has 5 heteroatoms. The van der Waals surface area contributed by atoms with E-state index in [0.717, 1.165) is 12.2 Å². The van der Waals surface area contributed by atoms with Crippen molar-refractivity contribution in [1.29, 1.82) is 0 Å². The predicted molar refractivity (Wildman–Crippen MR) is 59.6 cm³/mol. The van der Waals surface area contributed by atoms with Crippen molar-refractivity contribution in [1.82, 2.24) is 0 Å². The highest BCUT2D eigenvalue weighted by atomic mass is 35.5. The van der Waals surface area contributed by atoms with Crippen molar-refractivity contribution in [3.63, 3.8) is 0 Å². The summed E-state index contributed by atoms with van der Waals surface area (Å²) >= 11 is 12.1. The lowest BCUT2D eigenvalue weighted by Crippen LogP contribution is -2.29. The molecule has 2 N–H and O–H groups in total. The van der Waals surface area contributed by atoms with Crippen LogP contribution in [0.4, 0.5) is 11.4 Å². The first kappa shape index (κ1) is 9.74. The van der Waals surface area contributed by atoms with Gasteiger partial charge in [-0.25, -0.2) is 0 Å². The zero-order valence-electron chi connectivity index (χ0n) is 7.68. The Morgan fingerprint density at radius 1 is 1.50 bits per heavy atom. The van der Waals surface area contributed by atoms with Crippen LogP contribution in [0.15, 0.2) is 6.07 Å². The molecule has 0 atom stereocenters. The molecule has 0 bridgehead atoms. The molecule has 1 aliphatic rings. The van der Waals surface area contributed by atoms with Gasteiger partial charge in [-0.05, 0) is 6.07 Å². The number of likely N-dealkylation sites (N-methyl/N-ethyl adjacent to an activating group) is 1. The van der Waals surface area contributed by atoms with Gasteiger partial charge in [0.1, 0.15) is 11.6 Å². The van der Waals surface area contributed by atoms with Crippen LogP contribution in [0.25, 0.3) is 0 Å². The van der Waals surface area contributed by atoms with Crippen molar-refractivity contribution in [3.05, 3.63) is 16.1 Å². The molecule has 14 heavy (non-hydrogen) atoms. The molecule has 3 nitrogen and oxygen atoms in total. The van der Waals surface area contributed by atoms with E-state index in [2.05, 4.69) is 0 Å². The fourth-order valence-electron chi connectivity index (χ4n) is 1.50. The van der Waals surface area contributed by atoms with Crippen molar-refractivity contribution in [2.75, 3.05) is 30.8 Å². The van der Waals surface area contributed by atoms with Gasteiger partial charge in [0.2, 0.25) is 0 Å². The summed E-state index contributed by atoms with van der Waals surface area (Å²) in [7, 11) is 1.94. The molecule has 0 spiro atoms. The molecule has 2 rings (SSSR count). The van der Waals surface area contributed by atoms with Crippen LogP contribution < -0.4 is 15.4 Å². The first-order valence-corrected chi connectivity index (χ1v) is 4.98. The molecule has 76 valence electrons. The molecule has 1 aromatic carbocycles. The summed E-state index contributed by atoms with van der Waals surface area (Å²) in [5, 5.41) is 1.01. The van der Waals surface area contributed by atoms with E-state index in [4.69, 9.17) is 33.7 Å². The average Bonchev–Trinajstić information content (AvgIpc) is 2.14. The summed E-state index contributed by atoms with van der Waals surface area (Å²) in [5.41, 5.74) is 6.94. The molecule has 0 saturated carbocycles. The van der Waals surface area contributed by atoms with E-state index < -0.39 is 0 Å². The van der Waals surface area contributed by atoms with Crippen LogP contribution in [0.3, 0.4) is 0 Å². The van der Waals surface area contributed by atoms with Gasteiger partial charge in [0, 0.05) is 7.05 Å². The predicted octanol–water partition coefficient (Wildman–Crippen LogP) is 2.40. The van der Waals surface area contributed by atoms with Gasteiger partial charge in [-0.1, -0.05) is 23.2 Å². The quantitative estimate of drug-likeness (QED) is 0.699. The third kappa shape index (κ3) is 1.37. The molecule has 0 aliphatic carbocycles. The Labute approximate surface area is 92.3 Å². The molecular weight excluding hydrogens is 223 g/mol. The van der Waals surface area contributed by atoms with Gasteiger partial charge < -0.3 is 15.4 Å². The maximum atomic E-state index is 6.05. The Hall–Kier alpha value is -0.800. The minimum Gasteiger partial charge on any atom is -0.488 e. The first-order valence-electron chi connectivity index (χ1n) is 4.22. The van der Waals surface area contributed by atoms with E-state index >= 15 is 0 Å². The van der Waals surface area contributed by atoms with Crippen molar-refractivity contribution in [2.24, 2.45) is 0 Å². The molecule has 0 fully saturated rings. The number of ether oxygens (including phenoxy) is 1. The maximum Gasteiger partial charge on any atom is 0.164 e. The number of benzene rings is 1. The minimum absolute atomic E-state index is 0.441. The summed E-state index contributed by atoms with van der Waals surface area (Å²) in [4.78, 5) is 2.01. The molecule has 0 radical (unpaired) electrons. The van der Waals surface area contributed by atoms with Gasteiger partial charge in [-0.2, -0.15) is 0 Å². The summed E-state index contributed by atoms with van der Waals surface area (Å²) in [5.74, 6) is 0.588. The molecule has 0 aromatic heterocycles. The number of nitrogens with zero attached hydrogens (tertiary/aromatic N) is 1. The van der Waals surface area contributed by atoms with Crippen molar-refractivity contribution in [2.45, 2.75) is 0 Å². The van der Waals surface area contributed by atoms with E-state index in [1.54, 1.807) is 6.07 Å². The van der Waals surface area contributed by atoms with Crippen molar-refractivity contribution < 1.29 is 4.74 Å². The number of hydrogen-bond donors (Lipinski definition) is 1. The van der Waals surface area contributed by atoms with Crippen LogP contribution in [-0.2, 0) is 0 Å². The summed E-state index contributed by atoms with van der Waals surface area (Å²) in [6, 6.07) is 1.65. The van der Waals surface area contributed by atoms with Crippen LogP contribution in [0.2, 0.25) is 10.0 Å². The SMILES string of the molecule is CN1CCOc2c(Cl)c(N)cc(Cl)c21. The zero-order chi connectivity index (χ0) is 10.3. The van der Waals surface area contributed by atoms with Crippen molar-refractivity contribution in [3.8, 4) is 5.75 Å². The van der Waals surface area contributed by atoms with Gasteiger partial charge >= 0.3 is 0 Å². The molecule has 1 aromatic rings. The standard InChI is InChI=1S/C9H10Cl2N2O/c1-13-2-3-14-9-7(11)6(12)4-5(10)8(9)13/h4H,2-3,12H2,1H3. The second-order valence-electron chi connectivity index (χ2n) is 3.21. The molecular formula is C9H10Cl2N2O. The zero-order valence-corrected chi connectivity index (χ0v) is 9.19. The highest BCUT2D eigenvalue weighted by Crippen LogP contribution is 2.45. The fraction of sp³-hybridized carbons (Fsp3) is 0.333. The Balaban J connectivity index is 2.66. The van der Waals surface area contributed by atoms with Crippen LogP contribution in [0.5, 0.6) is 5.75 Å². The Kier molecular flexibility index (Phi) is 2.37. The number of hydrogen-bond acceptors (Lipinski definition) is 3. The van der Waals surface area contributed by atoms with Crippen molar-refractivity contribution >= 4 is 34.6 Å². The topological polar surface area (TPSA) is 38.5 Å². The third-order valence-electron chi connectivity index (χ3n) is 2.23. The monoisotopic (exact) mass is 232 g/mol. The first-order chi connectivity index (χ1) is 6.61. The smallest absolute Gasteiger partial charge is 0.164 e. The molecule has 0 unspecified atom stereocenters. The second-order valence-corrected chi connectivity index (χ2v) is 3.99. The van der Waals surface area contributed by atoms with Gasteiger partial charge in [0.15, 0.2) is 5.75 Å². The van der Waals surface area contributed by atoms with E-state index in [0.29, 0.717) is 28.1 Å². The Morgan fingerprint density at radius 3 is 2.93 bits per heavy atom. The number of nitrogens with two attached hydrogens (primary N) is 1. The lowest BCUT2D eigenvalue weighted by Gasteiger charge is -2.29. The van der Waals surface area contributed by atoms with Gasteiger partial charge in [0.25, 0.3) is 0 Å². The molecule has 0 saturated heterocycles. The van der Waals surface area contributed by atoms with E-state index in [9.17, 15) is 0 Å². The molecule has 1 aliphatic heterocycles.